The Balaban J connectivity index is 1.96. The molecular weight excluding hydrogens is 322 g/mol. The van der Waals surface area contributed by atoms with Crippen LogP contribution in [0.1, 0.15) is 26.2 Å². The zero-order valence-corrected chi connectivity index (χ0v) is 14.9. The Hall–Kier alpha value is -2.02. The summed E-state index contributed by atoms with van der Waals surface area (Å²) in [6.07, 6.45) is 3.63. The number of amides is 1. The average Bonchev–Trinajstić information content (AvgIpc) is 3.06. The molecule has 1 aromatic carbocycles. The molecule has 1 fully saturated rings. The van der Waals surface area contributed by atoms with Crippen molar-refractivity contribution in [1.82, 2.24) is 20.1 Å². The number of benzene rings is 1. The van der Waals surface area contributed by atoms with Gasteiger partial charge in [-0.2, -0.15) is 0 Å². The molecule has 1 saturated heterocycles. The molecule has 1 unspecified atom stereocenters. The highest BCUT2D eigenvalue weighted by Gasteiger charge is 2.24. The van der Waals surface area contributed by atoms with Crippen molar-refractivity contribution in [2.45, 2.75) is 36.6 Å². The number of aromatic nitrogens is 3. The fraction of sp³-hybridized carbons (Fsp3) is 0.471. The second-order valence-corrected chi connectivity index (χ2v) is 7.18. The first-order chi connectivity index (χ1) is 11.7. The van der Waals surface area contributed by atoms with Crippen LogP contribution >= 0.6 is 11.8 Å². The van der Waals surface area contributed by atoms with Gasteiger partial charge < -0.3 is 10.2 Å². The molecule has 24 heavy (non-hydrogen) atoms. The highest BCUT2D eigenvalue weighted by molar-refractivity contribution is 8.00. The van der Waals surface area contributed by atoms with E-state index >= 15 is 0 Å². The number of nitrogens with one attached hydrogen (secondary N) is 1. The fourth-order valence-corrected chi connectivity index (χ4v) is 3.78. The van der Waals surface area contributed by atoms with Crippen LogP contribution in [-0.4, -0.2) is 46.1 Å². The van der Waals surface area contributed by atoms with Crippen molar-refractivity contribution in [3.05, 3.63) is 30.3 Å². The topological polar surface area (TPSA) is 63.1 Å². The van der Waals surface area contributed by atoms with Crippen LogP contribution in [0, 0.1) is 0 Å². The summed E-state index contributed by atoms with van der Waals surface area (Å²) in [7, 11) is 1.65. The summed E-state index contributed by atoms with van der Waals surface area (Å²) in [4.78, 5) is 14.2. The molecule has 0 radical (unpaired) electrons. The maximum absolute atomic E-state index is 11.9. The van der Waals surface area contributed by atoms with Gasteiger partial charge in [0.1, 0.15) is 0 Å². The lowest BCUT2D eigenvalue weighted by molar-refractivity contribution is -0.119. The molecule has 2 heterocycles. The minimum atomic E-state index is -0.226. The normalized spacial score (nSPS) is 16.0. The predicted molar refractivity (Wildman–Crippen MR) is 96.8 cm³/mol. The van der Waals surface area contributed by atoms with Crippen LogP contribution < -0.4 is 10.2 Å². The second kappa shape index (κ2) is 7.70. The number of piperidine rings is 1. The van der Waals surface area contributed by atoms with Gasteiger partial charge in [0, 0.05) is 20.1 Å². The minimum absolute atomic E-state index is 0.0119. The minimum Gasteiger partial charge on any atom is -0.358 e. The summed E-state index contributed by atoms with van der Waals surface area (Å²) >= 11 is 1.43. The molecule has 7 heteroatoms. The standard InChI is InChI=1S/C17H23N5OS/c1-13(15(23)18-2)24-17-20-19-16(21-11-7-4-8-12-21)22(17)14-9-5-3-6-10-14/h3,5-6,9-10,13H,4,7-8,11-12H2,1-2H3,(H,18,23). The largest absolute Gasteiger partial charge is 0.358 e. The van der Waals surface area contributed by atoms with E-state index in [1.54, 1.807) is 7.05 Å². The van der Waals surface area contributed by atoms with Crippen molar-refractivity contribution >= 4 is 23.6 Å². The third kappa shape index (κ3) is 3.56. The maximum Gasteiger partial charge on any atom is 0.233 e. The number of anilines is 1. The summed E-state index contributed by atoms with van der Waals surface area (Å²) in [5.74, 6) is 0.856. The quantitative estimate of drug-likeness (QED) is 0.844. The van der Waals surface area contributed by atoms with E-state index in [-0.39, 0.29) is 11.2 Å². The van der Waals surface area contributed by atoms with Gasteiger partial charge in [-0.05, 0) is 38.3 Å². The number of para-hydroxylation sites is 1. The smallest absolute Gasteiger partial charge is 0.233 e. The van der Waals surface area contributed by atoms with Gasteiger partial charge in [0.05, 0.1) is 10.9 Å². The summed E-state index contributed by atoms with van der Waals surface area (Å²) in [6, 6.07) is 10.1. The Bertz CT molecular complexity index is 682. The molecule has 0 saturated carbocycles. The number of rotatable bonds is 5. The molecule has 1 aliphatic rings. The van der Waals surface area contributed by atoms with E-state index in [1.165, 1.54) is 31.0 Å². The summed E-state index contributed by atoms with van der Waals surface area (Å²) in [5.41, 5.74) is 1.02. The van der Waals surface area contributed by atoms with Crippen molar-refractivity contribution in [3.63, 3.8) is 0 Å². The van der Waals surface area contributed by atoms with E-state index in [2.05, 4.69) is 25.0 Å². The lowest BCUT2D eigenvalue weighted by Gasteiger charge is -2.27. The molecule has 3 rings (SSSR count). The summed E-state index contributed by atoms with van der Waals surface area (Å²) < 4.78 is 2.06. The van der Waals surface area contributed by atoms with Gasteiger partial charge in [0.15, 0.2) is 5.16 Å². The van der Waals surface area contributed by atoms with Crippen molar-refractivity contribution in [3.8, 4) is 5.69 Å². The van der Waals surface area contributed by atoms with Crippen molar-refractivity contribution in [2.24, 2.45) is 0 Å². The van der Waals surface area contributed by atoms with Gasteiger partial charge in [-0.3, -0.25) is 9.36 Å². The Labute approximate surface area is 146 Å². The highest BCUT2D eigenvalue weighted by atomic mass is 32.2. The van der Waals surface area contributed by atoms with E-state index < -0.39 is 0 Å². The van der Waals surface area contributed by atoms with E-state index in [0.29, 0.717) is 0 Å². The predicted octanol–water partition coefficient (Wildman–Crippen LogP) is 2.48. The van der Waals surface area contributed by atoms with Gasteiger partial charge in [-0.1, -0.05) is 30.0 Å². The Morgan fingerprint density at radius 1 is 1.17 bits per heavy atom. The molecule has 1 aliphatic heterocycles. The van der Waals surface area contributed by atoms with Crippen LogP contribution in [0.3, 0.4) is 0 Å². The Morgan fingerprint density at radius 2 is 1.88 bits per heavy atom. The molecule has 1 amide bonds. The lowest BCUT2D eigenvalue weighted by Crippen LogP contribution is -2.32. The lowest BCUT2D eigenvalue weighted by atomic mass is 10.1. The first-order valence-electron chi connectivity index (χ1n) is 8.34. The Morgan fingerprint density at radius 3 is 2.54 bits per heavy atom. The average molecular weight is 345 g/mol. The van der Waals surface area contributed by atoms with Crippen molar-refractivity contribution in [1.29, 1.82) is 0 Å². The number of nitrogens with zero attached hydrogens (tertiary/aromatic N) is 4. The molecule has 0 spiro atoms. The van der Waals surface area contributed by atoms with Crippen LogP contribution in [0.2, 0.25) is 0 Å². The van der Waals surface area contributed by atoms with Gasteiger partial charge >= 0.3 is 0 Å². The molecule has 0 bridgehead atoms. The zero-order chi connectivity index (χ0) is 16.9. The van der Waals surface area contributed by atoms with Gasteiger partial charge in [0.25, 0.3) is 0 Å². The molecule has 1 N–H and O–H groups in total. The SMILES string of the molecule is CNC(=O)C(C)Sc1nnc(N2CCCCC2)n1-c1ccccc1. The number of carbonyl (C=O) groups excluding carboxylic acids is 1. The van der Waals surface area contributed by atoms with E-state index in [1.807, 2.05) is 37.3 Å². The van der Waals surface area contributed by atoms with Gasteiger partial charge in [-0.25, -0.2) is 0 Å². The second-order valence-electron chi connectivity index (χ2n) is 5.88. The molecule has 0 aliphatic carbocycles. The van der Waals surface area contributed by atoms with E-state index in [4.69, 9.17) is 0 Å². The number of hydrogen-bond acceptors (Lipinski definition) is 5. The van der Waals surface area contributed by atoms with Crippen LogP contribution in [-0.2, 0) is 4.79 Å². The molecule has 128 valence electrons. The maximum atomic E-state index is 11.9. The molecule has 6 nitrogen and oxygen atoms in total. The first kappa shape index (κ1) is 16.8. The van der Waals surface area contributed by atoms with E-state index in [0.717, 1.165) is 29.9 Å². The Kier molecular flexibility index (Phi) is 5.40. The third-order valence-corrected chi connectivity index (χ3v) is 5.21. The molecule has 1 atom stereocenters. The number of carbonyl (C=O) groups is 1. The van der Waals surface area contributed by atoms with Crippen LogP contribution in [0.15, 0.2) is 35.5 Å². The van der Waals surface area contributed by atoms with Crippen molar-refractivity contribution < 1.29 is 4.79 Å². The number of thioether (sulfide) groups is 1. The van der Waals surface area contributed by atoms with Crippen molar-refractivity contribution in [2.75, 3.05) is 25.0 Å². The number of hydrogen-bond donors (Lipinski definition) is 1. The zero-order valence-electron chi connectivity index (χ0n) is 14.1. The van der Waals surface area contributed by atoms with Gasteiger partial charge in [-0.15, -0.1) is 10.2 Å². The summed E-state index contributed by atoms with van der Waals surface area (Å²) in [6.45, 7) is 3.88. The first-order valence-corrected chi connectivity index (χ1v) is 9.22. The molecule has 2 aromatic rings. The highest BCUT2D eigenvalue weighted by Crippen LogP contribution is 2.30. The van der Waals surface area contributed by atoms with Crippen LogP contribution in [0.5, 0.6) is 0 Å². The van der Waals surface area contributed by atoms with Gasteiger partial charge in [0.2, 0.25) is 11.9 Å². The summed E-state index contributed by atoms with van der Waals surface area (Å²) in [5, 5.41) is 12.0. The fourth-order valence-electron chi connectivity index (χ4n) is 2.86. The van der Waals surface area contributed by atoms with Crippen LogP contribution in [0.25, 0.3) is 5.69 Å². The van der Waals surface area contributed by atoms with Crippen LogP contribution in [0.4, 0.5) is 5.95 Å². The monoisotopic (exact) mass is 345 g/mol. The molecule has 1 aromatic heterocycles. The van der Waals surface area contributed by atoms with E-state index in [9.17, 15) is 4.79 Å². The third-order valence-electron chi connectivity index (χ3n) is 4.17. The molecular formula is C17H23N5OS.